The van der Waals surface area contributed by atoms with Crippen molar-refractivity contribution in [1.29, 1.82) is 0 Å². The number of benzene rings is 2. The molecule has 0 radical (unpaired) electrons. The molecule has 1 unspecified atom stereocenters. The fourth-order valence-corrected chi connectivity index (χ4v) is 5.72. The van der Waals surface area contributed by atoms with Crippen molar-refractivity contribution < 1.29 is 49.3 Å². The van der Waals surface area contributed by atoms with Crippen molar-refractivity contribution in [2.24, 2.45) is 5.73 Å². The smallest absolute Gasteiger partial charge is 0.506 e. The Hall–Kier alpha value is 1.39. The van der Waals surface area contributed by atoms with Gasteiger partial charge in [0.2, 0.25) is 0 Å². The monoisotopic (exact) mass is 800 g/mol. The third-order valence-corrected chi connectivity index (χ3v) is 6.29. The van der Waals surface area contributed by atoms with Crippen LogP contribution in [0.3, 0.4) is 0 Å². The van der Waals surface area contributed by atoms with E-state index in [1.54, 1.807) is 12.1 Å². The van der Waals surface area contributed by atoms with Crippen LogP contribution in [0.1, 0.15) is 5.56 Å². The number of aromatic hydroxyl groups is 1. The summed E-state index contributed by atoms with van der Waals surface area (Å²) in [6.45, 7) is 0. The van der Waals surface area contributed by atoms with Crippen molar-refractivity contribution in [2.75, 3.05) is 0 Å². The van der Waals surface area contributed by atoms with Crippen LogP contribution in [-0.2, 0) is 11.2 Å². The van der Waals surface area contributed by atoms with Crippen molar-refractivity contribution in [3.05, 3.63) is 44.1 Å². The number of halogens is 4. The summed E-state index contributed by atoms with van der Waals surface area (Å²) in [4.78, 5) is 10.9. The first-order valence-electron chi connectivity index (χ1n) is 6.51. The number of carboxylic acids is 1. The second-order valence-electron chi connectivity index (χ2n) is 4.88. The van der Waals surface area contributed by atoms with Gasteiger partial charge in [-0.1, -0.05) is 0 Å². The average Bonchev–Trinajstić information content (AvgIpc) is 2.48. The zero-order valence-electron chi connectivity index (χ0n) is 12.9. The van der Waals surface area contributed by atoms with Gasteiger partial charge in [0.15, 0.2) is 5.75 Å². The van der Waals surface area contributed by atoms with Gasteiger partial charge < -0.3 is 20.7 Å². The molecule has 10 heteroatoms. The zero-order valence-corrected chi connectivity index (χ0v) is 23.5. The Balaban J connectivity index is 0.00000312. The molecule has 0 heterocycles. The Morgan fingerprint density at radius 1 is 1.04 bits per heavy atom. The van der Waals surface area contributed by atoms with Crippen LogP contribution in [0, 0.1) is 14.3 Å². The normalized spacial score (nSPS) is 11.6. The van der Waals surface area contributed by atoms with Crippen LogP contribution in [0.15, 0.2) is 24.3 Å². The molecule has 0 saturated heterocycles. The number of hydrogen-bond acceptors (Lipinski definition) is 4. The number of ether oxygens (including phenoxy) is 1. The molecule has 0 fully saturated rings. The van der Waals surface area contributed by atoms with E-state index in [9.17, 15) is 9.90 Å². The maximum Gasteiger partial charge on any atom is 1.00 e. The predicted octanol–water partition coefficient (Wildman–Crippen LogP) is 1.56. The van der Waals surface area contributed by atoms with E-state index in [1.807, 2.05) is 12.1 Å². The number of aliphatic carboxylic acids is 1. The number of rotatable bonds is 5. The molecule has 5 nitrogen and oxygen atoms in total. The minimum Gasteiger partial charge on any atom is -0.506 e. The molecule has 1 atom stereocenters. The third kappa shape index (κ3) is 6.74. The average molecular weight is 800 g/mol. The van der Waals surface area contributed by atoms with Crippen molar-refractivity contribution in [3.63, 3.8) is 0 Å². The topological polar surface area (TPSA) is 92.8 Å². The van der Waals surface area contributed by atoms with Crippen molar-refractivity contribution in [2.45, 2.75) is 12.5 Å². The van der Waals surface area contributed by atoms with E-state index in [-0.39, 0.29) is 41.7 Å². The van der Waals surface area contributed by atoms with Crippen LogP contribution in [-0.4, -0.2) is 22.2 Å². The molecule has 0 aromatic heterocycles. The molecule has 0 bridgehead atoms. The molecule has 0 aliphatic carbocycles. The van der Waals surface area contributed by atoms with Gasteiger partial charge in [0.05, 0.1) is 14.3 Å². The van der Waals surface area contributed by atoms with Crippen LogP contribution in [0.2, 0.25) is 0 Å². The summed E-state index contributed by atoms with van der Waals surface area (Å²) in [6, 6.07) is 6.34. The molecular formula is C15H11I4NNaO4+. The Morgan fingerprint density at radius 2 is 1.52 bits per heavy atom. The molecule has 0 spiro atoms. The molecule has 0 amide bonds. The minimum atomic E-state index is -1.02. The van der Waals surface area contributed by atoms with E-state index >= 15 is 0 Å². The quantitative estimate of drug-likeness (QED) is 0.316. The number of nitrogens with two attached hydrogens (primary N) is 1. The molecule has 4 N–H and O–H groups in total. The van der Waals surface area contributed by atoms with Crippen molar-refractivity contribution in [1.82, 2.24) is 0 Å². The van der Waals surface area contributed by atoms with E-state index in [0.29, 0.717) is 18.6 Å². The van der Waals surface area contributed by atoms with Crippen molar-refractivity contribution >= 4 is 96.3 Å². The first-order chi connectivity index (χ1) is 11.2. The Labute approximate surface area is 221 Å². The SMILES string of the molecule is NC(Cc1cc(I)c(Oc2cc(I)c(O)c(I)c2)c(I)c1)C(=O)O.[Na+]. The summed E-state index contributed by atoms with van der Waals surface area (Å²) < 4.78 is 9.14. The number of carbonyl (C=O) groups is 1. The fourth-order valence-electron chi connectivity index (χ4n) is 1.89. The largest absolute Gasteiger partial charge is 1.00 e. The fraction of sp³-hybridized carbons (Fsp3) is 0.133. The first-order valence-corrected chi connectivity index (χ1v) is 10.8. The molecular weight excluding hydrogens is 789 g/mol. The Morgan fingerprint density at radius 3 is 1.96 bits per heavy atom. The summed E-state index contributed by atoms with van der Waals surface area (Å²) in [7, 11) is 0. The maximum absolute atomic E-state index is 10.9. The van der Waals surface area contributed by atoms with Gasteiger partial charge in [0.25, 0.3) is 0 Å². The number of phenolic OH excluding ortho intramolecular Hbond substituents is 1. The summed E-state index contributed by atoms with van der Waals surface area (Å²) in [5.74, 6) is 0.549. The molecule has 2 aromatic rings. The minimum absolute atomic E-state index is 0. The van der Waals surface area contributed by atoms with Gasteiger partial charge in [-0.25, -0.2) is 0 Å². The molecule has 2 rings (SSSR count). The van der Waals surface area contributed by atoms with E-state index in [1.165, 1.54) is 0 Å². The van der Waals surface area contributed by atoms with E-state index in [4.69, 9.17) is 15.6 Å². The standard InChI is InChI=1S/C15H11I4NO4.Na/c16-8-4-7(5-9(17)13(8)21)24-14-10(18)1-6(2-11(14)19)3-12(20)15(22)23;/h1-2,4-5,12,21H,3,20H2,(H,22,23);/q;+1. The van der Waals surface area contributed by atoms with E-state index in [2.05, 4.69) is 90.4 Å². The van der Waals surface area contributed by atoms with Crippen LogP contribution < -0.4 is 40.0 Å². The molecule has 0 aliphatic rings. The Kier molecular flexibility index (Phi) is 10.6. The molecule has 0 saturated carbocycles. The third-order valence-electron chi connectivity index (χ3n) is 3.04. The summed E-state index contributed by atoms with van der Waals surface area (Å²) >= 11 is 8.42. The maximum atomic E-state index is 10.9. The van der Waals surface area contributed by atoms with Crippen LogP contribution in [0.25, 0.3) is 0 Å². The number of phenols is 1. The van der Waals surface area contributed by atoms with Crippen LogP contribution >= 0.6 is 90.4 Å². The van der Waals surface area contributed by atoms with Gasteiger partial charge in [-0.2, -0.15) is 0 Å². The second kappa shape index (κ2) is 10.8. The molecule has 128 valence electrons. The first kappa shape index (κ1) is 24.4. The van der Waals surface area contributed by atoms with Crippen LogP contribution in [0.5, 0.6) is 17.2 Å². The van der Waals surface area contributed by atoms with E-state index in [0.717, 1.165) is 12.7 Å². The van der Waals surface area contributed by atoms with Crippen molar-refractivity contribution in [3.8, 4) is 17.2 Å². The summed E-state index contributed by atoms with van der Waals surface area (Å²) in [6.07, 6.45) is 0.261. The summed E-state index contributed by atoms with van der Waals surface area (Å²) in [5, 5.41) is 18.8. The number of carboxylic acid groups (broad SMARTS) is 1. The molecule has 2 aromatic carbocycles. The van der Waals surface area contributed by atoms with Gasteiger partial charge in [-0.3, -0.25) is 4.79 Å². The van der Waals surface area contributed by atoms with E-state index < -0.39 is 12.0 Å². The molecule has 25 heavy (non-hydrogen) atoms. The molecule has 0 aliphatic heterocycles. The van der Waals surface area contributed by atoms with Gasteiger partial charge in [-0.15, -0.1) is 0 Å². The summed E-state index contributed by atoms with van der Waals surface area (Å²) in [5.41, 5.74) is 6.44. The van der Waals surface area contributed by atoms with Crippen LogP contribution in [0.4, 0.5) is 0 Å². The Bertz CT molecular complexity index is 757. The van der Waals surface area contributed by atoms with Gasteiger partial charge in [0, 0.05) is 0 Å². The predicted molar refractivity (Wildman–Crippen MR) is 125 cm³/mol. The zero-order chi connectivity index (χ0) is 18.0. The van der Waals surface area contributed by atoms with Gasteiger partial charge in [-0.05, 0) is 127 Å². The van der Waals surface area contributed by atoms with Gasteiger partial charge >= 0.3 is 35.5 Å². The second-order valence-corrected chi connectivity index (χ2v) is 9.52. The number of hydrogen-bond donors (Lipinski definition) is 3. The van der Waals surface area contributed by atoms with Gasteiger partial charge in [0.1, 0.15) is 17.5 Å².